The lowest BCUT2D eigenvalue weighted by Crippen LogP contribution is -2.04. The summed E-state index contributed by atoms with van der Waals surface area (Å²) in [5.41, 5.74) is 4.93. The van der Waals surface area contributed by atoms with Gasteiger partial charge >= 0.3 is 5.97 Å². The summed E-state index contributed by atoms with van der Waals surface area (Å²) in [5, 5.41) is 9.68. The summed E-state index contributed by atoms with van der Waals surface area (Å²) in [6, 6.07) is 15.9. The predicted molar refractivity (Wildman–Crippen MR) is 107 cm³/mol. The molecule has 4 aromatic rings. The van der Waals surface area contributed by atoms with Crippen LogP contribution in [0.1, 0.15) is 21.5 Å². The number of carboxylic acid groups (broad SMARTS) is 1. The van der Waals surface area contributed by atoms with Crippen LogP contribution in [-0.4, -0.2) is 20.6 Å². The van der Waals surface area contributed by atoms with Gasteiger partial charge in [0.25, 0.3) is 0 Å². The molecule has 0 bridgehead atoms. The zero-order valence-corrected chi connectivity index (χ0v) is 15.4. The van der Waals surface area contributed by atoms with E-state index in [9.17, 15) is 9.18 Å². The van der Waals surface area contributed by atoms with E-state index in [2.05, 4.69) is 9.55 Å². The predicted octanol–water partition coefficient (Wildman–Crippen LogP) is 5.09. The molecule has 0 amide bonds. The highest BCUT2D eigenvalue weighted by atomic mass is 19.1. The first kappa shape index (κ1) is 17.9. The van der Waals surface area contributed by atoms with Crippen LogP contribution in [0, 0.1) is 12.7 Å². The number of aryl methyl sites for hydroxylation is 3. The minimum absolute atomic E-state index is 0.232. The van der Waals surface area contributed by atoms with E-state index in [1.807, 2.05) is 37.3 Å². The van der Waals surface area contributed by atoms with Gasteiger partial charge in [0.15, 0.2) is 0 Å². The summed E-state index contributed by atoms with van der Waals surface area (Å²) in [6.07, 6.45) is 4.21. The molecule has 0 aliphatic heterocycles. The highest BCUT2D eigenvalue weighted by Gasteiger charge is 2.18. The lowest BCUT2D eigenvalue weighted by molar-refractivity contribution is 0.0697. The maximum absolute atomic E-state index is 14.6. The van der Waals surface area contributed by atoms with Crippen molar-refractivity contribution in [3.8, 4) is 11.3 Å². The van der Waals surface area contributed by atoms with Crippen molar-refractivity contribution in [2.45, 2.75) is 19.9 Å². The van der Waals surface area contributed by atoms with Gasteiger partial charge in [0, 0.05) is 29.9 Å². The molecule has 0 spiro atoms. The van der Waals surface area contributed by atoms with E-state index in [1.165, 1.54) is 6.07 Å². The van der Waals surface area contributed by atoms with Crippen molar-refractivity contribution in [3.63, 3.8) is 0 Å². The molecular weight excluding hydrogens is 355 g/mol. The minimum atomic E-state index is -0.937. The van der Waals surface area contributed by atoms with E-state index >= 15 is 0 Å². The van der Waals surface area contributed by atoms with E-state index < -0.39 is 5.97 Å². The van der Waals surface area contributed by atoms with Crippen LogP contribution >= 0.6 is 0 Å². The topological polar surface area (TPSA) is 55.1 Å². The number of rotatable bonds is 5. The second-order valence-corrected chi connectivity index (χ2v) is 6.75. The van der Waals surface area contributed by atoms with Crippen molar-refractivity contribution in [1.29, 1.82) is 0 Å². The Bertz CT molecular complexity index is 1150. The Kier molecular flexibility index (Phi) is 4.65. The largest absolute Gasteiger partial charge is 0.478 e. The van der Waals surface area contributed by atoms with Crippen LogP contribution in [0.4, 0.5) is 4.39 Å². The lowest BCUT2D eigenvalue weighted by atomic mass is 10.1. The van der Waals surface area contributed by atoms with Gasteiger partial charge in [-0.25, -0.2) is 9.18 Å². The Morgan fingerprint density at radius 3 is 2.57 bits per heavy atom. The standard InChI is InChI=1S/C23H19FN2O2/c1-15-21-19(24)5-2-6-20(21)26(22(15)18-4-3-12-25-14-18)13-11-16-7-9-17(10-8-16)23(27)28/h2-10,12,14H,11,13H2,1H3,(H,27,28). The molecule has 0 aliphatic carbocycles. The molecule has 2 aromatic carbocycles. The summed E-state index contributed by atoms with van der Waals surface area (Å²) < 4.78 is 16.7. The third-order valence-corrected chi connectivity index (χ3v) is 5.04. The van der Waals surface area contributed by atoms with Gasteiger partial charge < -0.3 is 9.67 Å². The average molecular weight is 374 g/mol. The number of halogens is 1. The third kappa shape index (κ3) is 3.16. The number of aromatic carboxylic acids is 1. The highest BCUT2D eigenvalue weighted by molar-refractivity contribution is 5.92. The number of aromatic nitrogens is 2. The molecule has 1 N–H and O–H groups in total. The zero-order valence-electron chi connectivity index (χ0n) is 15.4. The molecule has 0 aliphatic rings. The van der Waals surface area contributed by atoms with Gasteiger partial charge in [-0.3, -0.25) is 4.98 Å². The number of nitrogens with zero attached hydrogens (tertiary/aromatic N) is 2. The third-order valence-electron chi connectivity index (χ3n) is 5.04. The molecule has 2 heterocycles. The quantitative estimate of drug-likeness (QED) is 0.529. The van der Waals surface area contributed by atoms with E-state index in [0.717, 1.165) is 27.9 Å². The number of hydrogen-bond acceptors (Lipinski definition) is 2. The number of carboxylic acids is 1. The summed E-state index contributed by atoms with van der Waals surface area (Å²) >= 11 is 0. The number of benzene rings is 2. The summed E-state index contributed by atoms with van der Waals surface area (Å²) in [7, 11) is 0. The van der Waals surface area contributed by atoms with Crippen molar-refractivity contribution in [2.75, 3.05) is 0 Å². The van der Waals surface area contributed by atoms with Crippen molar-refractivity contribution >= 4 is 16.9 Å². The second-order valence-electron chi connectivity index (χ2n) is 6.75. The molecule has 0 radical (unpaired) electrons. The van der Waals surface area contributed by atoms with Crippen LogP contribution in [0.25, 0.3) is 22.2 Å². The fourth-order valence-electron chi connectivity index (χ4n) is 3.71. The molecule has 0 saturated carbocycles. The van der Waals surface area contributed by atoms with Gasteiger partial charge in [0.05, 0.1) is 16.8 Å². The normalized spacial score (nSPS) is 11.1. The van der Waals surface area contributed by atoms with Crippen LogP contribution in [0.3, 0.4) is 0 Å². The number of carbonyl (C=O) groups is 1. The van der Waals surface area contributed by atoms with Gasteiger partial charge in [-0.15, -0.1) is 0 Å². The Balaban J connectivity index is 1.77. The molecule has 2 aromatic heterocycles. The lowest BCUT2D eigenvalue weighted by Gasteiger charge is -2.12. The molecule has 0 saturated heterocycles. The smallest absolute Gasteiger partial charge is 0.335 e. The summed E-state index contributed by atoms with van der Waals surface area (Å²) in [5.74, 6) is -1.17. The highest BCUT2D eigenvalue weighted by Crippen LogP contribution is 2.34. The molecule has 140 valence electrons. The summed E-state index contributed by atoms with van der Waals surface area (Å²) in [6.45, 7) is 2.58. The Hall–Kier alpha value is -3.47. The molecule has 4 rings (SSSR count). The zero-order chi connectivity index (χ0) is 19.7. The fraction of sp³-hybridized carbons (Fsp3) is 0.130. The minimum Gasteiger partial charge on any atom is -0.478 e. The molecular formula is C23H19FN2O2. The maximum atomic E-state index is 14.6. The first-order valence-corrected chi connectivity index (χ1v) is 9.06. The van der Waals surface area contributed by atoms with Crippen molar-refractivity contribution in [3.05, 3.63) is 89.5 Å². The molecule has 5 heteroatoms. The Morgan fingerprint density at radius 2 is 1.89 bits per heavy atom. The molecule has 0 fully saturated rings. The Morgan fingerprint density at radius 1 is 1.11 bits per heavy atom. The van der Waals surface area contributed by atoms with Crippen LogP contribution in [0.2, 0.25) is 0 Å². The number of pyridine rings is 1. The second kappa shape index (κ2) is 7.27. The van der Waals surface area contributed by atoms with Gasteiger partial charge in [-0.05, 0) is 60.9 Å². The maximum Gasteiger partial charge on any atom is 0.335 e. The molecule has 0 unspecified atom stereocenters. The fourth-order valence-corrected chi connectivity index (χ4v) is 3.71. The van der Waals surface area contributed by atoms with E-state index in [4.69, 9.17) is 5.11 Å². The molecule has 0 atom stereocenters. The number of fused-ring (bicyclic) bond motifs is 1. The van der Waals surface area contributed by atoms with Crippen LogP contribution in [-0.2, 0) is 13.0 Å². The van der Waals surface area contributed by atoms with E-state index in [1.54, 1.807) is 30.6 Å². The van der Waals surface area contributed by atoms with Crippen molar-refractivity contribution in [1.82, 2.24) is 9.55 Å². The van der Waals surface area contributed by atoms with E-state index in [-0.39, 0.29) is 11.4 Å². The first-order chi connectivity index (χ1) is 13.6. The number of hydrogen-bond donors (Lipinski definition) is 1. The van der Waals surface area contributed by atoms with Gasteiger partial charge in [-0.2, -0.15) is 0 Å². The van der Waals surface area contributed by atoms with Crippen LogP contribution in [0.15, 0.2) is 67.0 Å². The molecule has 4 nitrogen and oxygen atoms in total. The average Bonchev–Trinajstić information content (AvgIpc) is 3.00. The first-order valence-electron chi connectivity index (χ1n) is 9.06. The van der Waals surface area contributed by atoms with Gasteiger partial charge in [0.2, 0.25) is 0 Å². The van der Waals surface area contributed by atoms with Gasteiger partial charge in [0.1, 0.15) is 5.82 Å². The van der Waals surface area contributed by atoms with Crippen molar-refractivity contribution in [2.24, 2.45) is 0 Å². The monoisotopic (exact) mass is 374 g/mol. The van der Waals surface area contributed by atoms with Crippen LogP contribution in [0.5, 0.6) is 0 Å². The van der Waals surface area contributed by atoms with Gasteiger partial charge in [-0.1, -0.05) is 18.2 Å². The molecule has 28 heavy (non-hydrogen) atoms. The Labute approximate surface area is 161 Å². The van der Waals surface area contributed by atoms with E-state index in [0.29, 0.717) is 18.4 Å². The SMILES string of the molecule is Cc1c(-c2cccnc2)n(CCc2ccc(C(=O)O)cc2)c2cccc(F)c12. The van der Waals surface area contributed by atoms with Crippen molar-refractivity contribution < 1.29 is 14.3 Å². The van der Waals surface area contributed by atoms with Crippen LogP contribution < -0.4 is 0 Å². The summed E-state index contributed by atoms with van der Waals surface area (Å²) in [4.78, 5) is 15.2.